The number of carboxylic acids is 1. The maximum atomic E-state index is 11.5. The molecule has 0 heterocycles. The van der Waals surface area contributed by atoms with Gasteiger partial charge in [0, 0.05) is 18.7 Å². The van der Waals surface area contributed by atoms with Gasteiger partial charge in [0.05, 0.1) is 17.2 Å². The molecule has 0 aliphatic rings. The Morgan fingerprint density at radius 1 is 0.810 bits per heavy atom. The van der Waals surface area contributed by atoms with E-state index in [1.807, 2.05) is 5.32 Å². The number of benzene rings is 3. The summed E-state index contributed by atoms with van der Waals surface area (Å²) in [6, 6.07) is 6.13. The zero-order chi connectivity index (χ0) is 31.9. The van der Waals surface area contributed by atoms with Crippen LogP contribution < -0.4 is 10.6 Å². The van der Waals surface area contributed by atoms with Crippen LogP contribution in [-0.2, 0) is 4.74 Å². The van der Waals surface area contributed by atoms with E-state index in [2.05, 4.69) is 0 Å². The second-order valence-electron chi connectivity index (χ2n) is 8.72. The summed E-state index contributed by atoms with van der Waals surface area (Å²) in [5.74, 6) is -22.4. The topological polar surface area (TPSA) is 313 Å². The maximum absolute atomic E-state index is 11.5. The summed E-state index contributed by atoms with van der Waals surface area (Å²) in [6.45, 7) is -0.537. The predicted octanol–water partition coefficient (Wildman–Crippen LogP) is 0.0160. The average Bonchev–Trinajstić information content (AvgIpc) is 2.90. The summed E-state index contributed by atoms with van der Waals surface area (Å²) in [5, 5.41) is 137. The molecule has 0 bridgehead atoms. The van der Waals surface area contributed by atoms with E-state index in [4.69, 9.17) is 16.3 Å². The Hall–Kier alpha value is -4.62. The van der Waals surface area contributed by atoms with Crippen LogP contribution in [0.1, 0.15) is 22.0 Å². The van der Waals surface area contributed by atoms with Crippen molar-refractivity contribution in [1.29, 1.82) is 0 Å². The number of carbonyl (C=O) groups is 1. The average molecular weight is 617 g/mol. The zero-order valence-electron chi connectivity index (χ0n) is 21.1. The molecule has 0 spiro atoms. The van der Waals surface area contributed by atoms with Crippen molar-refractivity contribution in [2.75, 3.05) is 19.0 Å². The molecule has 0 radical (unpaired) electrons. The highest BCUT2D eigenvalue weighted by atomic mass is 35.5. The summed E-state index contributed by atoms with van der Waals surface area (Å²) >= 11 is 5.93. The van der Waals surface area contributed by atoms with Crippen LogP contribution in [0.25, 0.3) is 11.1 Å². The molecule has 1 unspecified atom stereocenters. The van der Waals surface area contributed by atoms with E-state index in [9.17, 15) is 71.2 Å². The molecule has 42 heavy (non-hydrogen) atoms. The van der Waals surface area contributed by atoms with Gasteiger partial charge in [-0.05, 0) is 17.7 Å². The molecular weight excluding hydrogens is 592 g/mol. The van der Waals surface area contributed by atoms with Crippen molar-refractivity contribution in [1.82, 2.24) is 5.32 Å². The number of aliphatic hydroxyl groups is 4. The Labute approximate surface area is 239 Å². The number of phenolic OH excluding ortho intramolecular Hbond substituents is 6. The summed E-state index contributed by atoms with van der Waals surface area (Å²) in [5.41, 5.74) is -5.10. The number of aromatic hydroxyl groups is 8. The minimum Gasteiger partial charge on any atom is -0.506 e. The Bertz CT molecular complexity index is 1540. The van der Waals surface area contributed by atoms with Gasteiger partial charge < -0.3 is 76.4 Å². The Kier molecular flexibility index (Phi) is 8.61. The normalized spacial score (nSPS) is 12.7. The van der Waals surface area contributed by atoms with Crippen LogP contribution in [0.4, 0.5) is 5.69 Å². The van der Waals surface area contributed by atoms with Gasteiger partial charge in [0.1, 0.15) is 17.0 Å². The first-order valence-corrected chi connectivity index (χ1v) is 11.7. The fraction of sp³-hybridized carbons (Fsp3) is 0.208. The molecule has 3 aromatic carbocycles. The van der Waals surface area contributed by atoms with Gasteiger partial charge in [-0.2, -0.15) is 0 Å². The summed E-state index contributed by atoms with van der Waals surface area (Å²) in [7, 11) is 1.24. The summed E-state index contributed by atoms with van der Waals surface area (Å²) in [6.07, 6.45) is -0.958. The van der Waals surface area contributed by atoms with Crippen molar-refractivity contribution in [3.63, 3.8) is 0 Å². The number of rotatable bonds is 10. The largest absolute Gasteiger partial charge is 0.506 e. The summed E-state index contributed by atoms with van der Waals surface area (Å²) < 4.78 is 5.22. The van der Waals surface area contributed by atoms with Gasteiger partial charge in [0.15, 0.2) is 28.7 Å². The molecule has 0 amide bonds. The van der Waals surface area contributed by atoms with Crippen LogP contribution in [0.3, 0.4) is 0 Å². The van der Waals surface area contributed by atoms with E-state index < -0.39 is 98.8 Å². The monoisotopic (exact) mass is 616 g/mol. The Morgan fingerprint density at radius 2 is 1.36 bits per heavy atom. The SMILES string of the molecule is COC(CNC(O)(O)C(O)(O)Nc1c(O)c(O)c(O)c(-c2c(O)c(O)c(O)c(C(=O)O)c2O)c1O)c1cccc(Cl)c1. The highest BCUT2D eigenvalue weighted by molar-refractivity contribution is 6.30. The third-order valence-electron chi connectivity index (χ3n) is 6.08. The standard InChI is InChI=1S/C24H25ClN2O15/c1-42-9(7-3-2-4-8(25)5-7)6-26-23(38,39)24(40,41)27-13-15(29)11(17(31)21(35)19(13)33)10-14(28)12(22(36)37)18(32)20(34)16(10)30/h2-5,9,26-35,38-41H,6H2,1H3,(H,36,37). The molecule has 1 atom stereocenters. The lowest BCUT2D eigenvalue weighted by Gasteiger charge is -2.37. The molecule has 3 aromatic rings. The lowest BCUT2D eigenvalue weighted by molar-refractivity contribution is -0.357. The van der Waals surface area contributed by atoms with Crippen LogP contribution in [0.2, 0.25) is 5.02 Å². The minimum absolute atomic E-state index is 0.303. The molecule has 3 rings (SSSR count). The number of halogens is 1. The smallest absolute Gasteiger partial charge is 0.343 e. The van der Waals surface area contributed by atoms with Gasteiger partial charge in [0.25, 0.3) is 0 Å². The lowest BCUT2D eigenvalue weighted by atomic mass is 9.95. The maximum Gasteiger partial charge on any atom is 0.343 e. The molecule has 0 saturated heterocycles. The zero-order valence-corrected chi connectivity index (χ0v) is 21.9. The van der Waals surface area contributed by atoms with E-state index in [1.165, 1.54) is 18.5 Å². The van der Waals surface area contributed by atoms with Crippen LogP contribution in [0, 0.1) is 0 Å². The van der Waals surface area contributed by atoms with Gasteiger partial charge in [-0.3, -0.25) is 5.32 Å². The first kappa shape index (κ1) is 31.9. The van der Waals surface area contributed by atoms with Gasteiger partial charge in [-0.1, -0.05) is 23.7 Å². The fourth-order valence-electron chi connectivity index (χ4n) is 3.85. The third-order valence-corrected chi connectivity index (χ3v) is 6.31. The predicted molar refractivity (Wildman–Crippen MR) is 139 cm³/mol. The number of phenols is 8. The van der Waals surface area contributed by atoms with Crippen LogP contribution >= 0.6 is 11.6 Å². The van der Waals surface area contributed by atoms with Crippen molar-refractivity contribution in [3.8, 4) is 57.1 Å². The molecule has 0 fully saturated rings. The molecule has 0 aliphatic heterocycles. The molecular formula is C24H25ClN2O15. The number of carboxylic acid groups (broad SMARTS) is 1. The Balaban J connectivity index is 2.09. The first-order valence-electron chi connectivity index (χ1n) is 11.3. The number of ether oxygens (including phenoxy) is 1. The van der Waals surface area contributed by atoms with E-state index in [0.717, 1.165) is 0 Å². The van der Waals surface area contributed by atoms with Gasteiger partial charge in [-0.25, -0.2) is 4.79 Å². The van der Waals surface area contributed by atoms with Crippen molar-refractivity contribution in [2.45, 2.75) is 17.9 Å². The number of hydrogen-bond acceptors (Lipinski definition) is 16. The van der Waals surface area contributed by atoms with E-state index in [1.54, 1.807) is 18.2 Å². The van der Waals surface area contributed by atoms with Crippen molar-refractivity contribution >= 4 is 23.3 Å². The minimum atomic E-state index is -4.00. The molecule has 17 nitrogen and oxygen atoms in total. The Morgan fingerprint density at radius 3 is 1.88 bits per heavy atom. The molecule has 0 aromatic heterocycles. The molecule has 0 saturated carbocycles. The van der Waals surface area contributed by atoms with Crippen molar-refractivity contribution < 1.29 is 75.9 Å². The van der Waals surface area contributed by atoms with Gasteiger partial charge in [-0.15, -0.1) is 0 Å². The summed E-state index contributed by atoms with van der Waals surface area (Å²) in [4.78, 5) is 11.5. The van der Waals surface area contributed by atoms with Crippen molar-refractivity contribution in [2.24, 2.45) is 0 Å². The lowest BCUT2D eigenvalue weighted by Crippen LogP contribution is -2.67. The number of methoxy groups -OCH3 is 1. The second-order valence-corrected chi connectivity index (χ2v) is 9.16. The highest BCUT2D eigenvalue weighted by Gasteiger charge is 2.50. The third kappa shape index (κ3) is 5.48. The molecule has 228 valence electrons. The molecule has 0 aliphatic carbocycles. The number of anilines is 1. The van der Waals surface area contributed by atoms with E-state index >= 15 is 0 Å². The number of nitrogens with one attached hydrogen (secondary N) is 2. The second kappa shape index (κ2) is 11.3. The first-order chi connectivity index (χ1) is 19.4. The number of aromatic carboxylic acids is 1. The van der Waals surface area contributed by atoms with Crippen LogP contribution in [0.5, 0.6) is 46.0 Å². The number of hydrogen-bond donors (Lipinski definition) is 15. The van der Waals surface area contributed by atoms with Crippen LogP contribution in [0.15, 0.2) is 24.3 Å². The highest BCUT2D eigenvalue weighted by Crippen LogP contribution is 2.60. The van der Waals surface area contributed by atoms with Gasteiger partial charge in [0.2, 0.25) is 11.5 Å². The van der Waals surface area contributed by atoms with Crippen molar-refractivity contribution in [3.05, 3.63) is 40.4 Å². The molecule has 15 N–H and O–H groups in total. The van der Waals surface area contributed by atoms with E-state index in [0.29, 0.717) is 10.6 Å². The molecule has 18 heteroatoms. The van der Waals surface area contributed by atoms with E-state index in [-0.39, 0.29) is 0 Å². The fourth-order valence-corrected chi connectivity index (χ4v) is 4.05. The van der Waals surface area contributed by atoms with Gasteiger partial charge >= 0.3 is 17.8 Å². The van der Waals surface area contributed by atoms with Crippen LogP contribution in [-0.4, -0.2) is 97.8 Å². The quantitative estimate of drug-likeness (QED) is 0.0810.